The molecule has 2 rings (SSSR count). The number of rotatable bonds is 3. The van der Waals surface area contributed by atoms with Crippen molar-refractivity contribution in [1.82, 2.24) is 15.1 Å². The van der Waals surface area contributed by atoms with Gasteiger partial charge < -0.3 is 10.2 Å². The highest BCUT2D eigenvalue weighted by atomic mass is 15.3. The smallest absolute Gasteiger partial charge is 0.108 e. The van der Waals surface area contributed by atoms with E-state index in [1.807, 2.05) is 7.05 Å². The second-order valence-corrected chi connectivity index (χ2v) is 6.61. The van der Waals surface area contributed by atoms with Crippen molar-refractivity contribution < 1.29 is 0 Å². The van der Waals surface area contributed by atoms with Gasteiger partial charge in [0.15, 0.2) is 0 Å². The molecule has 1 saturated heterocycles. The maximum absolute atomic E-state index is 9.54. The molecule has 1 aliphatic carbocycles. The van der Waals surface area contributed by atoms with Crippen LogP contribution in [0.4, 0.5) is 0 Å². The zero-order chi connectivity index (χ0) is 14.6. The summed E-state index contributed by atoms with van der Waals surface area (Å²) in [6.07, 6.45) is 6.87. The van der Waals surface area contributed by atoms with Gasteiger partial charge in [-0.05, 0) is 65.7 Å². The van der Waals surface area contributed by atoms with Crippen molar-refractivity contribution in [3.8, 4) is 6.07 Å². The van der Waals surface area contributed by atoms with Gasteiger partial charge in [0.2, 0.25) is 0 Å². The number of hydrogen-bond acceptors (Lipinski definition) is 4. The van der Waals surface area contributed by atoms with Gasteiger partial charge in [0.05, 0.1) is 6.07 Å². The summed E-state index contributed by atoms with van der Waals surface area (Å²) in [6, 6.07) is 3.77. The van der Waals surface area contributed by atoms with Crippen LogP contribution in [-0.2, 0) is 0 Å². The van der Waals surface area contributed by atoms with Gasteiger partial charge in [-0.15, -0.1) is 0 Å². The van der Waals surface area contributed by atoms with Crippen LogP contribution in [0.2, 0.25) is 0 Å². The Labute approximate surface area is 124 Å². The molecule has 0 radical (unpaired) electrons. The van der Waals surface area contributed by atoms with E-state index >= 15 is 0 Å². The molecule has 0 aromatic rings. The van der Waals surface area contributed by atoms with Crippen LogP contribution >= 0.6 is 0 Å². The van der Waals surface area contributed by atoms with Crippen molar-refractivity contribution in [1.29, 1.82) is 5.26 Å². The Hall–Kier alpha value is -0.630. The molecule has 0 aromatic heterocycles. The van der Waals surface area contributed by atoms with Crippen LogP contribution in [0.1, 0.15) is 45.4 Å². The van der Waals surface area contributed by atoms with Gasteiger partial charge in [-0.3, -0.25) is 4.90 Å². The third kappa shape index (κ3) is 3.33. The Bertz CT molecular complexity index is 351. The molecule has 0 spiro atoms. The predicted molar refractivity (Wildman–Crippen MR) is 82.6 cm³/mol. The first-order valence-electron chi connectivity index (χ1n) is 8.18. The maximum Gasteiger partial charge on any atom is 0.108 e. The highest BCUT2D eigenvalue weighted by molar-refractivity contribution is 5.11. The molecule has 2 aliphatic rings. The van der Waals surface area contributed by atoms with Crippen molar-refractivity contribution in [2.45, 2.75) is 63.1 Å². The second-order valence-electron chi connectivity index (χ2n) is 6.61. The number of nitriles is 1. The molecular weight excluding hydrogens is 248 g/mol. The van der Waals surface area contributed by atoms with E-state index in [0.29, 0.717) is 12.1 Å². The first kappa shape index (κ1) is 15.8. The lowest BCUT2D eigenvalue weighted by Crippen LogP contribution is -2.54. The Balaban J connectivity index is 2.10. The fourth-order valence-electron chi connectivity index (χ4n) is 4.02. The summed E-state index contributed by atoms with van der Waals surface area (Å²) in [5.74, 6) is 0. The lowest BCUT2D eigenvalue weighted by molar-refractivity contribution is 0.0795. The first-order chi connectivity index (χ1) is 9.64. The second kappa shape index (κ2) is 6.89. The van der Waals surface area contributed by atoms with Gasteiger partial charge in [0, 0.05) is 18.6 Å². The average Bonchev–Trinajstić information content (AvgIpc) is 2.68. The van der Waals surface area contributed by atoms with E-state index in [4.69, 9.17) is 0 Å². The minimum Gasteiger partial charge on any atom is -0.305 e. The van der Waals surface area contributed by atoms with Gasteiger partial charge in [-0.1, -0.05) is 6.92 Å². The van der Waals surface area contributed by atoms with Crippen LogP contribution in [0.25, 0.3) is 0 Å². The molecule has 4 nitrogen and oxygen atoms in total. The van der Waals surface area contributed by atoms with E-state index in [1.165, 1.54) is 45.3 Å². The van der Waals surface area contributed by atoms with Gasteiger partial charge >= 0.3 is 0 Å². The van der Waals surface area contributed by atoms with Crippen molar-refractivity contribution in [2.75, 3.05) is 33.7 Å². The van der Waals surface area contributed by atoms with E-state index in [9.17, 15) is 5.26 Å². The van der Waals surface area contributed by atoms with Crippen LogP contribution in [-0.4, -0.2) is 61.2 Å². The van der Waals surface area contributed by atoms with Gasteiger partial charge in [0.1, 0.15) is 5.54 Å². The summed E-state index contributed by atoms with van der Waals surface area (Å²) in [6.45, 7) is 5.87. The Kier molecular flexibility index (Phi) is 5.42. The Morgan fingerprint density at radius 1 is 1.35 bits per heavy atom. The molecule has 2 fully saturated rings. The monoisotopic (exact) mass is 278 g/mol. The topological polar surface area (TPSA) is 42.3 Å². The zero-order valence-electron chi connectivity index (χ0n) is 13.4. The quantitative estimate of drug-likeness (QED) is 0.855. The largest absolute Gasteiger partial charge is 0.305 e. The molecule has 20 heavy (non-hydrogen) atoms. The highest BCUT2D eigenvalue weighted by Gasteiger charge is 2.39. The molecule has 4 heteroatoms. The summed E-state index contributed by atoms with van der Waals surface area (Å²) in [5.41, 5.74) is -0.292. The van der Waals surface area contributed by atoms with Crippen molar-refractivity contribution in [3.63, 3.8) is 0 Å². The first-order valence-corrected chi connectivity index (χ1v) is 8.18. The lowest BCUT2D eigenvalue weighted by Gasteiger charge is -2.44. The molecule has 114 valence electrons. The molecule has 0 amide bonds. The van der Waals surface area contributed by atoms with E-state index in [1.54, 1.807) is 0 Å². The number of nitrogens with one attached hydrogen (secondary N) is 1. The molecule has 0 aromatic carbocycles. The standard InChI is InChI=1S/C16H30N4/c1-4-14-12-19(3)9-6-10-20(14)15-7-5-8-16(11-15,13-17)18-2/h14-15,18H,4-12H2,1-3H3. The fraction of sp³-hybridized carbons (Fsp3) is 0.938. The summed E-state index contributed by atoms with van der Waals surface area (Å²) in [5, 5.41) is 12.8. The molecule has 1 N–H and O–H groups in total. The molecule has 0 bridgehead atoms. The number of likely N-dealkylation sites (N-methyl/N-ethyl adjacent to an activating group) is 1. The lowest BCUT2D eigenvalue weighted by atomic mass is 9.79. The SMILES string of the molecule is CCC1CN(C)CCCN1C1CCCC(C#N)(NC)C1. The van der Waals surface area contributed by atoms with Gasteiger partial charge in [0.25, 0.3) is 0 Å². The maximum atomic E-state index is 9.54. The Morgan fingerprint density at radius 3 is 2.80 bits per heavy atom. The van der Waals surface area contributed by atoms with Crippen molar-refractivity contribution >= 4 is 0 Å². The zero-order valence-corrected chi connectivity index (χ0v) is 13.4. The number of nitrogens with zero attached hydrogens (tertiary/aromatic N) is 3. The number of hydrogen-bond donors (Lipinski definition) is 1. The van der Waals surface area contributed by atoms with Gasteiger partial charge in [-0.2, -0.15) is 5.26 Å². The third-order valence-corrected chi connectivity index (χ3v) is 5.31. The van der Waals surface area contributed by atoms with Gasteiger partial charge in [-0.25, -0.2) is 0 Å². The van der Waals surface area contributed by atoms with Crippen molar-refractivity contribution in [3.05, 3.63) is 0 Å². The Morgan fingerprint density at radius 2 is 2.15 bits per heavy atom. The van der Waals surface area contributed by atoms with E-state index in [-0.39, 0.29) is 5.54 Å². The van der Waals surface area contributed by atoms with E-state index in [2.05, 4.69) is 35.2 Å². The molecule has 3 unspecified atom stereocenters. The molecular formula is C16H30N4. The minimum absolute atomic E-state index is 0.292. The average molecular weight is 278 g/mol. The normalized spacial score (nSPS) is 37.3. The van der Waals surface area contributed by atoms with Crippen molar-refractivity contribution in [2.24, 2.45) is 0 Å². The van der Waals surface area contributed by atoms with E-state index < -0.39 is 0 Å². The van der Waals surface area contributed by atoms with Crippen LogP contribution in [0.5, 0.6) is 0 Å². The summed E-state index contributed by atoms with van der Waals surface area (Å²) in [4.78, 5) is 5.18. The summed E-state index contributed by atoms with van der Waals surface area (Å²) < 4.78 is 0. The fourth-order valence-corrected chi connectivity index (χ4v) is 4.02. The summed E-state index contributed by atoms with van der Waals surface area (Å²) >= 11 is 0. The summed E-state index contributed by atoms with van der Waals surface area (Å²) in [7, 11) is 4.18. The highest BCUT2D eigenvalue weighted by Crippen LogP contribution is 2.32. The molecule has 3 atom stereocenters. The minimum atomic E-state index is -0.292. The van der Waals surface area contributed by atoms with Crippen LogP contribution < -0.4 is 5.32 Å². The molecule has 1 heterocycles. The third-order valence-electron chi connectivity index (χ3n) is 5.31. The van der Waals surface area contributed by atoms with E-state index in [0.717, 1.165) is 12.8 Å². The molecule has 1 aliphatic heterocycles. The van der Waals surface area contributed by atoms with Crippen LogP contribution in [0.15, 0.2) is 0 Å². The van der Waals surface area contributed by atoms with Crippen LogP contribution in [0.3, 0.4) is 0 Å². The van der Waals surface area contributed by atoms with Crippen LogP contribution in [0, 0.1) is 11.3 Å². The predicted octanol–water partition coefficient (Wildman–Crippen LogP) is 1.83. The molecule has 1 saturated carbocycles.